The molecule has 150 valence electrons. The number of amides is 1. The SMILES string of the molecule is C=CC(=O)N(Cc1nn[nH]n1)c1cnc2c(c1)c(/C=C/c1ccc(Cl)cc1)cn2C. The quantitative estimate of drug-likeness (QED) is 0.482. The van der Waals surface area contributed by atoms with Crippen LogP contribution >= 0.6 is 11.6 Å². The van der Waals surface area contributed by atoms with Gasteiger partial charge in [0.05, 0.1) is 18.4 Å². The van der Waals surface area contributed by atoms with Gasteiger partial charge in [-0.3, -0.25) is 9.69 Å². The zero-order chi connectivity index (χ0) is 21.1. The van der Waals surface area contributed by atoms with Crippen LogP contribution in [0.5, 0.6) is 0 Å². The van der Waals surface area contributed by atoms with Gasteiger partial charge in [0.25, 0.3) is 5.91 Å². The number of pyridine rings is 1. The number of anilines is 1. The molecule has 1 aromatic carbocycles. The molecule has 0 aliphatic carbocycles. The average Bonchev–Trinajstić information content (AvgIpc) is 3.38. The number of aromatic nitrogens is 6. The van der Waals surface area contributed by atoms with Crippen molar-refractivity contribution in [3.05, 3.63) is 77.4 Å². The molecule has 30 heavy (non-hydrogen) atoms. The highest BCUT2D eigenvalue weighted by Crippen LogP contribution is 2.27. The normalized spacial score (nSPS) is 11.3. The lowest BCUT2D eigenvalue weighted by atomic mass is 10.1. The lowest BCUT2D eigenvalue weighted by molar-refractivity contribution is -0.114. The summed E-state index contributed by atoms with van der Waals surface area (Å²) < 4.78 is 1.94. The number of halogens is 1. The number of tetrazole rings is 1. The van der Waals surface area contributed by atoms with E-state index in [-0.39, 0.29) is 12.5 Å². The Hall–Kier alpha value is -3.78. The second kappa shape index (κ2) is 8.30. The predicted octanol–water partition coefficient (Wildman–Crippen LogP) is 3.63. The minimum absolute atomic E-state index is 0.150. The predicted molar refractivity (Wildman–Crippen MR) is 117 cm³/mol. The second-order valence-electron chi connectivity index (χ2n) is 6.60. The van der Waals surface area contributed by atoms with Crippen molar-refractivity contribution in [2.24, 2.45) is 7.05 Å². The van der Waals surface area contributed by atoms with Crippen molar-refractivity contribution in [1.82, 2.24) is 30.2 Å². The fraction of sp³-hybridized carbons (Fsp3) is 0.0952. The van der Waals surface area contributed by atoms with Gasteiger partial charge in [-0.1, -0.05) is 47.7 Å². The Morgan fingerprint density at radius 3 is 2.80 bits per heavy atom. The van der Waals surface area contributed by atoms with Gasteiger partial charge in [-0.25, -0.2) is 4.98 Å². The van der Waals surface area contributed by atoms with Gasteiger partial charge < -0.3 is 4.57 Å². The Labute approximate surface area is 177 Å². The van der Waals surface area contributed by atoms with E-state index in [1.165, 1.54) is 11.0 Å². The third kappa shape index (κ3) is 3.99. The number of H-pyrrole nitrogens is 1. The first-order valence-corrected chi connectivity index (χ1v) is 9.48. The van der Waals surface area contributed by atoms with E-state index >= 15 is 0 Å². The van der Waals surface area contributed by atoms with Crippen molar-refractivity contribution in [1.29, 1.82) is 0 Å². The Balaban J connectivity index is 1.73. The standard InChI is InChI=1S/C21H18ClN7O/c1-3-20(30)29(13-19-24-26-27-25-19)17-10-18-15(12-28(2)21(18)23-11-17)7-4-14-5-8-16(22)9-6-14/h3-12H,1,13H2,2H3,(H,24,25,26,27)/b7-4+. The van der Waals surface area contributed by atoms with E-state index in [0.29, 0.717) is 16.5 Å². The summed E-state index contributed by atoms with van der Waals surface area (Å²) in [6.07, 6.45) is 8.90. The molecule has 8 nitrogen and oxygen atoms in total. The molecule has 3 aromatic heterocycles. The van der Waals surface area contributed by atoms with Crippen LogP contribution in [0.25, 0.3) is 23.2 Å². The molecule has 0 aliphatic rings. The number of fused-ring (bicyclic) bond motifs is 1. The number of rotatable bonds is 6. The van der Waals surface area contributed by atoms with E-state index in [0.717, 1.165) is 22.2 Å². The van der Waals surface area contributed by atoms with Crippen molar-refractivity contribution in [3.8, 4) is 0 Å². The Bertz CT molecular complexity index is 1230. The molecule has 0 radical (unpaired) electrons. The van der Waals surface area contributed by atoms with Crippen molar-refractivity contribution in [3.63, 3.8) is 0 Å². The van der Waals surface area contributed by atoms with Crippen LogP contribution in [-0.4, -0.2) is 36.1 Å². The monoisotopic (exact) mass is 419 g/mol. The number of hydrogen-bond acceptors (Lipinski definition) is 5. The van der Waals surface area contributed by atoms with Crippen LogP contribution in [0, 0.1) is 0 Å². The maximum atomic E-state index is 12.5. The summed E-state index contributed by atoms with van der Waals surface area (Å²) >= 11 is 5.96. The fourth-order valence-electron chi connectivity index (χ4n) is 3.12. The molecule has 0 spiro atoms. The van der Waals surface area contributed by atoms with E-state index < -0.39 is 0 Å². The van der Waals surface area contributed by atoms with E-state index in [1.54, 1.807) is 6.20 Å². The van der Waals surface area contributed by atoms with E-state index in [1.807, 2.05) is 60.3 Å². The Morgan fingerprint density at radius 1 is 1.30 bits per heavy atom. The Kier molecular flexibility index (Phi) is 5.40. The summed E-state index contributed by atoms with van der Waals surface area (Å²) in [5.41, 5.74) is 3.42. The third-order valence-corrected chi connectivity index (χ3v) is 4.85. The maximum absolute atomic E-state index is 12.5. The van der Waals surface area contributed by atoms with Crippen LogP contribution in [0.1, 0.15) is 17.0 Å². The van der Waals surface area contributed by atoms with Crippen LogP contribution < -0.4 is 4.90 Å². The van der Waals surface area contributed by atoms with Crippen LogP contribution in [-0.2, 0) is 18.4 Å². The first-order valence-electron chi connectivity index (χ1n) is 9.10. The highest BCUT2D eigenvalue weighted by Gasteiger charge is 2.18. The molecule has 0 saturated heterocycles. The zero-order valence-electron chi connectivity index (χ0n) is 16.2. The summed E-state index contributed by atoms with van der Waals surface area (Å²) in [6, 6.07) is 9.51. The van der Waals surface area contributed by atoms with Crippen molar-refractivity contribution in [2.75, 3.05) is 4.90 Å². The number of carbonyl (C=O) groups is 1. The molecule has 3 heterocycles. The topological polar surface area (TPSA) is 92.6 Å². The summed E-state index contributed by atoms with van der Waals surface area (Å²) in [5.74, 6) is 0.108. The minimum Gasteiger partial charge on any atom is -0.335 e. The molecule has 0 bridgehead atoms. The number of nitrogens with one attached hydrogen (secondary N) is 1. The number of hydrogen-bond donors (Lipinski definition) is 1. The molecule has 4 aromatic rings. The molecular weight excluding hydrogens is 402 g/mol. The molecule has 4 rings (SSSR count). The van der Waals surface area contributed by atoms with Crippen LogP contribution in [0.2, 0.25) is 5.02 Å². The van der Waals surface area contributed by atoms with Crippen LogP contribution in [0.3, 0.4) is 0 Å². The molecule has 1 amide bonds. The fourth-order valence-corrected chi connectivity index (χ4v) is 3.24. The summed E-state index contributed by atoms with van der Waals surface area (Å²) in [7, 11) is 1.93. The van der Waals surface area contributed by atoms with Crippen molar-refractivity contribution in [2.45, 2.75) is 6.54 Å². The van der Waals surface area contributed by atoms with Gasteiger partial charge in [0, 0.05) is 29.2 Å². The van der Waals surface area contributed by atoms with E-state index in [4.69, 9.17) is 11.6 Å². The Morgan fingerprint density at radius 2 is 2.10 bits per heavy atom. The number of nitrogens with zero attached hydrogens (tertiary/aromatic N) is 6. The molecule has 1 N–H and O–H groups in total. The number of carbonyl (C=O) groups excluding carboxylic acids is 1. The number of benzene rings is 1. The lowest BCUT2D eigenvalue weighted by Gasteiger charge is -2.19. The molecule has 9 heteroatoms. The lowest BCUT2D eigenvalue weighted by Crippen LogP contribution is -2.29. The first kappa shape index (κ1) is 19.5. The molecule has 0 atom stereocenters. The molecular formula is C21H18ClN7O. The highest BCUT2D eigenvalue weighted by molar-refractivity contribution is 6.30. The summed E-state index contributed by atoms with van der Waals surface area (Å²) in [4.78, 5) is 18.5. The van der Waals surface area contributed by atoms with Gasteiger partial charge in [-0.15, -0.1) is 10.2 Å². The summed E-state index contributed by atoms with van der Waals surface area (Å²) in [6.45, 7) is 3.74. The van der Waals surface area contributed by atoms with Crippen molar-refractivity contribution < 1.29 is 4.79 Å². The largest absolute Gasteiger partial charge is 0.335 e. The second-order valence-corrected chi connectivity index (χ2v) is 7.04. The number of aromatic amines is 1. The maximum Gasteiger partial charge on any atom is 0.250 e. The summed E-state index contributed by atoms with van der Waals surface area (Å²) in [5, 5.41) is 15.4. The van der Waals surface area contributed by atoms with Gasteiger partial charge in [-0.2, -0.15) is 5.21 Å². The van der Waals surface area contributed by atoms with Crippen molar-refractivity contribution >= 4 is 46.4 Å². The van der Waals surface area contributed by atoms with Gasteiger partial charge in [-0.05, 0) is 29.8 Å². The highest BCUT2D eigenvalue weighted by atomic mass is 35.5. The van der Waals surface area contributed by atoms with Crippen LogP contribution in [0.15, 0.2) is 55.4 Å². The van der Waals surface area contributed by atoms with Gasteiger partial charge in [0.15, 0.2) is 5.82 Å². The average molecular weight is 420 g/mol. The smallest absolute Gasteiger partial charge is 0.250 e. The zero-order valence-corrected chi connectivity index (χ0v) is 16.9. The number of aryl methyl sites for hydroxylation is 1. The first-order chi connectivity index (χ1) is 14.5. The van der Waals surface area contributed by atoms with Gasteiger partial charge >= 0.3 is 0 Å². The molecule has 0 fully saturated rings. The third-order valence-electron chi connectivity index (χ3n) is 4.60. The molecule has 0 unspecified atom stereocenters. The van der Waals surface area contributed by atoms with E-state index in [2.05, 4.69) is 32.2 Å². The molecule has 0 aliphatic heterocycles. The molecule has 0 saturated carbocycles. The van der Waals surface area contributed by atoms with E-state index in [9.17, 15) is 4.79 Å². The van der Waals surface area contributed by atoms with Gasteiger partial charge in [0.2, 0.25) is 0 Å². The minimum atomic E-state index is -0.282. The van der Waals surface area contributed by atoms with Crippen LogP contribution in [0.4, 0.5) is 5.69 Å². The van der Waals surface area contributed by atoms with Gasteiger partial charge in [0.1, 0.15) is 5.65 Å².